The lowest BCUT2D eigenvalue weighted by molar-refractivity contribution is -0.140. The van der Waals surface area contributed by atoms with Crippen molar-refractivity contribution in [3.63, 3.8) is 0 Å². The van der Waals surface area contributed by atoms with Crippen LogP contribution in [0.5, 0.6) is 5.75 Å². The van der Waals surface area contributed by atoms with E-state index in [1.165, 1.54) is 24.1 Å². The zero-order valence-corrected chi connectivity index (χ0v) is 27.4. The van der Waals surface area contributed by atoms with Crippen molar-refractivity contribution in [2.45, 2.75) is 44.7 Å². The Labute approximate surface area is 270 Å². The zero-order chi connectivity index (χ0) is 32.6. The monoisotopic (exact) mass is 647 g/mol. The van der Waals surface area contributed by atoms with Gasteiger partial charge in [-0.05, 0) is 73.9 Å². The molecular weight excluding hydrogens is 610 g/mol. The lowest BCUT2D eigenvalue weighted by Crippen LogP contribution is -2.53. The van der Waals surface area contributed by atoms with Crippen LogP contribution in [0, 0.1) is 13.8 Å². The number of carbonyl (C=O) groups is 2. The predicted molar refractivity (Wildman–Crippen MR) is 178 cm³/mol. The molecule has 4 aromatic rings. The molecule has 0 aromatic heterocycles. The number of sulfonamides is 1. The van der Waals surface area contributed by atoms with Gasteiger partial charge in [0, 0.05) is 24.5 Å². The summed E-state index contributed by atoms with van der Waals surface area (Å²) in [6.07, 6.45) is 0.227. The van der Waals surface area contributed by atoms with Gasteiger partial charge in [0.2, 0.25) is 11.8 Å². The molecule has 4 aromatic carbocycles. The molecule has 45 heavy (non-hydrogen) atoms. The van der Waals surface area contributed by atoms with E-state index in [0.29, 0.717) is 11.6 Å². The van der Waals surface area contributed by atoms with E-state index < -0.39 is 28.5 Å². The van der Waals surface area contributed by atoms with E-state index in [-0.39, 0.29) is 35.2 Å². The molecule has 1 atom stereocenters. The number of aryl methyl sites for hydroxylation is 2. The quantitative estimate of drug-likeness (QED) is 0.194. The van der Waals surface area contributed by atoms with Gasteiger partial charge in [-0.2, -0.15) is 0 Å². The van der Waals surface area contributed by atoms with Gasteiger partial charge in [0.15, 0.2) is 0 Å². The first-order valence-corrected chi connectivity index (χ1v) is 16.4. The number of hydrogen-bond acceptors (Lipinski definition) is 5. The molecule has 0 saturated carbocycles. The third-order valence-electron chi connectivity index (χ3n) is 7.38. The number of anilines is 1. The van der Waals surface area contributed by atoms with Gasteiger partial charge in [-0.1, -0.05) is 77.8 Å². The smallest absolute Gasteiger partial charge is 0.264 e. The van der Waals surface area contributed by atoms with Gasteiger partial charge < -0.3 is 15.0 Å². The molecule has 2 amide bonds. The normalized spacial score (nSPS) is 11.8. The van der Waals surface area contributed by atoms with E-state index in [0.717, 1.165) is 26.6 Å². The molecule has 0 aliphatic heterocycles. The second-order valence-electron chi connectivity index (χ2n) is 10.7. The lowest BCUT2D eigenvalue weighted by Gasteiger charge is -2.34. The van der Waals surface area contributed by atoms with Crippen LogP contribution in [-0.2, 0) is 32.6 Å². The summed E-state index contributed by atoms with van der Waals surface area (Å²) in [6.45, 7) is 5.34. The second kappa shape index (κ2) is 15.1. The lowest BCUT2D eigenvalue weighted by atomic mass is 10.0. The maximum atomic E-state index is 14.5. The Kier molecular flexibility index (Phi) is 11.3. The highest BCUT2D eigenvalue weighted by Crippen LogP contribution is 2.34. The van der Waals surface area contributed by atoms with Gasteiger partial charge >= 0.3 is 0 Å². The number of carbonyl (C=O) groups excluding carboxylic acids is 2. The number of nitrogens with one attached hydrogen (secondary N) is 1. The van der Waals surface area contributed by atoms with Crippen LogP contribution in [0.15, 0.2) is 102 Å². The van der Waals surface area contributed by atoms with Gasteiger partial charge in [0.25, 0.3) is 10.0 Å². The molecule has 0 unspecified atom stereocenters. The van der Waals surface area contributed by atoms with Crippen molar-refractivity contribution >= 4 is 39.1 Å². The number of nitrogens with zero attached hydrogens (tertiary/aromatic N) is 2. The summed E-state index contributed by atoms with van der Waals surface area (Å²) < 4.78 is 35.2. The number of likely N-dealkylation sites (N-methyl/N-ethyl adjacent to an activating group) is 1. The Morgan fingerprint density at radius 1 is 0.867 bits per heavy atom. The second-order valence-corrected chi connectivity index (χ2v) is 13.0. The van der Waals surface area contributed by atoms with Crippen LogP contribution < -0.4 is 14.4 Å². The molecule has 0 saturated heterocycles. The molecule has 10 heteroatoms. The van der Waals surface area contributed by atoms with E-state index >= 15 is 0 Å². The van der Waals surface area contributed by atoms with Gasteiger partial charge in [0.05, 0.1) is 17.7 Å². The Balaban J connectivity index is 1.84. The minimum Gasteiger partial charge on any atom is -0.495 e. The van der Waals surface area contributed by atoms with Crippen molar-refractivity contribution < 1.29 is 22.7 Å². The fraction of sp³-hybridized carbons (Fsp3) is 0.257. The van der Waals surface area contributed by atoms with E-state index in [1.54, 1.807) is 54.6 Å². The molecule has 0 fully saturated rings. The first-order chi connectivity index (χ1) is 21.5. The van der Waals surface area contributed by atoms with Crippen molar-refractivity contribution in [1.82, 2.24) is 10.2 Å². The summed E-state index contributed by atoms with van der Waals surface area (Å²) in [7, 11) is -2.81. The molecular formula is C35H38ClN3O5S. The number of ether oxygens (including phenoxy) is 1. The number of amides is 2. The highest BCUT2D eigenvalue weighted by Gasteiger charge is 2.35. The first kappa shape index (κ1) is 33.6. The minimum absolute atomic E-state index is 0.0262. The maximum Gasteiger partial charge on any atom is 0.264 e. The number of halogens is 1. The molecule has 4 rings (SSSR count). The van der Waals surface area contributed by atoms with Crippen LogP contribution in [0.3, 0.4) is 0 Å². The zero-order valence-electron chi connectivity index (χ0n) is 25.9. The minimum atomic E-state index is -4.25. The Morgan fingerprint density at radius 2 is 1.51 bits per heavy atom. The van der Waals surface area contributed by atoms with Crippen LogP contribution >= 0.6 is 11.6 Å². The van der Waals surface area contributed by atoms with E-state index in [2.05, 4.69) is 5.32 Å². The van der Waals surface area contributed by atoms with Crippen LogP contribution in [0.25, 0.3) is 0 Å². The highest BCUT2D eigenvalue weighted by atomic mass is 35.5. The summed E-state index contributed by atoms with van der Waals surface area (Å²) in [5.41, 5.74) is 3.48. The third kappa shape index (κ3) is 8.44. The molecule has 8 nitrogen and oxygen atoms in total. The van der Waals surface area contributed by atoms with Crippen LogP contribution in [0.4, 0.5) is 5.69 Å². The van der Waals surface area contributed by atoms with Crippen LogP contribution in [0.2, 0.25) is 5.02 Å². The van der Waals surface area contributed by atoms with Gasteiger partial charge in [-0.25, -0.2) is 8.42 Å². The van der Waals surface area contributed by atoms with Crippen LogP contribution in [0.1, 0.15) is 29.2 Å². The fourth-order valence-corrected chi connectivity index (χ4v) is 6.52. The molecule has 1 N–H and O–H groups in total. The molecule has 0 heterocycles. The van der Waals surface area contributed by atoms with Crippen molar-refractivity contribution in [2.75, 3.05) is 24.5 Å². The van der Waals surface area contributed by atoms with Crippen molar-refractivity contribution in [3.8, 4) is 5.75 Å². The largest absolute Gasteiger partial charge is 0.495 e. The summed E-state index contributed by atoms with van der Waals surface area (Å²) >= 11 is 6.14. The predicted octanol–water partition coefficient (Wildman–Crippen LogP) is 5.94. The Morgan fingerprint density at radius 3 is 2.13 bits per heavy atom. The number of hydrogen-bond donors (Lipinski definition) is 1. The SMILES string of the molecule is CCNC(=O)[C@@H](Cc1ccccc1)N(Cc1ccc(Cl)cc1)C(=O)CN(c1cc(C)ccc1OC)S(=O)(=O)c1ccc(C)cc1. The first-order valence-electron chi connectivity index (χ1n) is 14.6. The summed E-state index contributed by atoms with van der Waals surface area (Å²) in [5.74, 6) is -0.612. The highest BCUT2D eigenvalue weighted by molar-refractivity contribution is 7.92. The summed E-state index contributed by atoms with van der Waals surface area (Å²) in [6, 6.07) is 27.1. The molecule has 0 spiro atoms. The van der Waals surface area contributed by atoms with E-state index in [9.17, 15) is 18.0 Å². The summed E-state index contributed by atoms with van der Waals surface area (Å²) in [5, 5.41) is 3.39. The van der Waals surface area contributed by atoms with Crippen molar-refractivity contribution in [2.24, 2.45) is 0 Å². The summed E-state index contributed by atoms with van der Waals surface area (Å²) in [4.78, 5) is 29.6. The third-order valence-corrected chi connectivity index (χ3v) is 9.41. The molecule has 0 aliphatic carbocycles. The van der Waals surface area contributed by atoms with Crippen molar-refractivity contribution in [3.05, 3.63) is 124 Å². The van der Waals surface area contributed by atoms with Gasteiger partial charge in [0.1, 0.15) is 18.3 Å². The van der Waals surface area contributed by atoms with Crippen LogP contribution in [-0.4, -0.2) is 51.4 Å². The number of benzene rings is 4. The van der Waals surface area contributed by atoms with E-state index in [1.807, 2.05) is 51.1 Å². The topological polar surface area (TPSA) is 96.0 Å². The number of rotatable bonds is 13. The standard InChI is InChI=1S/C35H38ClN3O5S/c1-5-37-35(41)32(22-27-9-7-6-8-10-27)38(23-28-14-16-29(36)17-15-28)34(40)24-39(31-21-26(3)13-20-33(31)44-4)45(42,43)30-18-11-25(2)12-19-30/h6-21,32H,5,22-24H2,1-4H3,(H,37,41)/t32-/m1/s1. The average Bonchev–Trinajstić information content (AvgIpc) is 3.03. The average molecular weight is 648 g/mol. The van der Waals surface area contributed by atoms with Crippen molar-refractivity contribution in [1.29, 1.82) is 0 Å². The van der Waals surface area contributed by atoms with Gasteiger partial charge in [-0.15, -0.1) is 0 Å². The molecule has 0 aliphatic rings. The maximum absolute atomic E-state index is 14.5. The molecule has 0 bridgehead atoms. The Bertz CT molecular complexity index is 1710. The van der Waals surface area contributed by atoms with E-state index in [4.69, 9.17) is 16.3 Å². The molecule has 0 radical (unpaired) electrons. The van der Waals surface area contributed by atoms with Gasteiger partial charge in [-0.3, -0.25) is 13.9 Å². The molecule has 236 valence electrons. The number of methoxy groups -OCH3 is 1. The fourth-order valence-electron chi connectivity index (χ4n) is 4.98. The Hall–Kier alpha value is -4.34.